The topological polar surface area (TPSA) is 85.6 Å². The number of hydrogen-bond donors (Lipinski definition) is 1. The number of alkyl halides is 3. The van der Waals surface area contributed by atoms with Gasteiger partial charge in [-0.2, -0.15) is 4.80 Å². The third-order valence-electron chi connectivity index (χ3n) is 5.17. The van der Waals surface area contributed by atoms with E-state index in [4.69, 9.17) is 11.6 Å². The molecule has 4 rings (SSSR count). The first-order valence-corrected chi connectivity index (χ1v) is 10.8. The van der Waals surface area contributed by atoms with Crippen LogP contribution in [0.5, 0.6) is 0 Å². The lowest BCUT2D eigenvalue weighted by Gasteiger charge is -2.23. The van der Waals surface area contributed by atoms with Crippen LogP contribution in [0.4, 0.5) is 18.3 Å². The Morgan fingerprint density at radius 3 is 2.74 bits per heavy atom. The predicted molar refractivity (Wildman–Crippen MR) is 110 cm³/mol. The van der Waals surface area contributed by atoms with E-state index in [1.165, 1.54) is 6.20 Å². The molecule has 2 heterocycles. The molecule has 31 heavy (non-hydrogen) atoms. The number of carbonyl (C=O) groups is 1. The van der Waals surface area contributed by atoms with Gasteiger partial charge in [0.1, 0.15) is 11.0 Å². The zero-order valence-electron chi connectivity index (χ0n) is 16.1. The van der Waals surface area contributed by atoms with Crippen molar-refractivity contribution in [2.45, 2.75) is 37.6 Å². The quantitative estimate of drug-likeness (QED) is 0.546. The molecule has 1 aromatic carbocycles. The number of amides is 1. The summed E-state index contributed by atoms with van der Waals surface area (Å²) < 4.78 is 40.7. The Hall–Kier alpha value is -2.53. The molecule has 164 valence electrons. The van der Waals surface area contributed by atoms with Gasteiger partial charge in [-0.3, -0.25) is 4.79 Å². The van der Waals surface area contributed by atoms with Crippen LogP contribution in [0.3, 0.4) is 0 Å². The van der Waals surface area contributed by atoms with Crippen LogP contribution in [0.1, 0.15) is 30.7 Å². The highest BCUT2D eigenvalue weighted by Crippen LogP contribution is 2.46. The highest BCUT2D eigenvalue weighted by Gasteiger charge is 2.45. The zero-order chi connectivity index (χ0) is 22.0. The molecular weight excluding hydrogens is 453 g/mol. The van der Waals surface area contributed by atoms with Crippen LogP contribution in [0.2, 0.25) is 4.34 Å². The fourth-order valence-corrected chi connectivity index (χ4v) is 4.59. The number of rotatable bonds is 7. The average molecular weight is 471 g/mol. The molecule has 0 aliphatic heterocycles. The maximum atomic E-state index is 13.9. The second kappa shape index (κ2) is 8.91. The fourth-order valence-electron chi connectivity index (χ4n) is 3.77. The van der Waals surface area contributed by atoms with Gasteiger partial charge in [0.2, 0.25) is 17.7 Å². The van der Waals surface area contributed by atoms with Crippen LogP contribution < -0.4 is 5.32 Å². The van der Waals surface area contributed by atoms with Crippen molar-refractivity contribution >= 4 is 34.0 Å². The smallest absolute Gasteiger partial charge is 0.248 e. The van der Waals surface area contributed by atoms with Crippen LogP contribution in [0, 0.1) is 5.92 Å². The van der Waals surface area contributed by atoms with Gasteiger partial charge < -0.3 is 5.32 Å². The summed E-state index contributed by atoms with van der Waals surface area (Å²) >= 11 is 6.97. The van der Waals surface area contributed by atoms with Crippen LogP contribution in [0.25, 0.3) is 11.4 Å². The Morgan fingerprint density at radius 2 is 2.13 bits per heavy atom. The Morgan fingerprint density at radius 1 is 1.35 bits per heavy atom. The molecule has 2 aromatic heterocycles. The van der Waals surface area contributed by atoms with Gasteiger partial charge in [-0.25, -0.2) is 18.2 Å². The van der Waals surface area contributed by atoms with Crippen molar-refractivity contribution in [3.8, 4) is 11.4 Å². The molecule has 1 N–H and O–H groups in total. The summed E-state index contributed by atoms with van der Waals surface area (Å²) in [6.45, 7) is -0.605. The van der Waals surface area contributed by atoms with Gasteiger partial charge in [0.05, 0.1) is 18.7 Å². The molecule has 1 amide bonds. The minimum atomic E-state index is -2.79. The molecule has 0 bridgehead atoms. The highest BCUT2D eigenvalue weighted by atomic mass is 35.5. The highest BCUT2D eigenvalue weighted by molar-refractivity contribution is 7.19. The number of carbonyl (C=O) groups excluding carboxylic acids is 1. The van der Waals surface area contributed by atoms with Gasteiger partial charge in [-0.1, -0.05) is 47.2 Å². The third-order valence-corrected chi connectivity index (χ3v) is 6.20. The zero-order valence-corrected chi connectivity index (χ0v) is 17.7. The second-order valence-corrected chi connectivity index (χ2v) is 8.98. The Balaban J connectivity index is 1.58. The van der Waals surface area contributed by atoms with Crippen LogP contribution >= 0.6 is 22.9 Å². The van der Waals surface area contributed by atoms with Gasteiger partial charge in [-0.15, -0.1) is 10.2 Å². The molecule has 0 saturated heterocycles. The minimum Gasteiger partial charge on any atom is -0.301 e. The summed E-state index contributed by atoms with van der Waals surface area (Å²) in [5.74, 6) is -4.17. The van der Waals surface area contributed by atoms with Crippen molar-refractivity contribution in [3.63, 3.8) is 0 Å². The van der Waals surface area contributed by atoms with E-state index in [2.05, 4.69) is 25.7 Å². The van der Waals surface area contributed by atoms with Gasteiger partial charge in [0.25, 0.3) is 0 Å². The normalized spacial score (nSPS) is 18.8. The largest absolute Gasteiger partial charge is 0.301 e. The average Bonchev–Trinajstić information content (AvgIpc) is 3.44. The molecule has 7 nitrogen and oxygen atoms in total. The van der Waals surface area contributed by atoms with Gasteiger partial charge in [0.15, 0.2) is 5.13 Å². The summed E-state index contributed by atoms with van der Waals surface area (Å²) in [4.78, 5) is 18.2. The fraction of sp³-hybridized carbons (Fsp3) is 0.421. The molecule has 1 aliphatic rings. The van der Waals surface area contributed by atoms with E-state index in [0.29, 0.717) is 26.4 Å². The van der Waals surface area contributed by atoms with Gasteiger partial charge >= 0.3 is 0 Å². The number of thiazole rings is 1. The van der Waals surface area contributed by atoms with E-state index in [9.17, 15) is 18.0 Å². The van der Waals surface area contributed by atoms with Crippen LogP contribution in [0.15, 0.2) is 30.5 Å². The number of benzene rings is 1. The number of tetrazole rings is 1. The van der Waals surface area contributed by atoms with Crippen LogP contribution in [-0.4, -0.2) is 43.7 Å². The van der Waals surface area contributed by atoms with E-state index in [-0.39, 0.29) is 25.8 Å². The predicted octanol–water partition coefficient (Wildman–Crippen LogP) is 4.58. The van der Waals surface area contributed by atoms with E-state index >= 15 is 0 Å². The Labute approximate surface area is 184 Å². The van der Waals surface area contributed by atoms with Crippen molar-refractivity contribution in [2.24, 2.45) is 5.92 Å². The summed E-state index contributed by atoms with van der Waals surface area (Å²) in [6, 6.07) is 6.78. The van der Waals surface area contributed by atoms with Crippen molar-refractivity contribution in [2.75, 3.05) is 12.0 Å². The number of aromatic nitrogens is 5. The van der Waals surface area contributed by atoms with Gasteiger partial charge in [-0.05, 0) is 23.1 Å². The first-order chi connectivity index (χ1) is 14.8. The van der Waals surface area contributed by atoms with E-state index < -0.39 is 30.3 Å². The monoisotopic (exact) mass is 470 g/mol. The number of hydrogen-bond acceptors (Lipinski definition) is 6. The molecule has 0 spiro atoms. The summed E-state index contributed by atoms with van der Waals surface area (Å²) in [5.41, 5.74) is 1.22. The van der Waals surface area contributed by atoms with Gasteiger partial charge in [0, 0.05) is 18.4 Å². The number of anilines is 1. The number of nitrogens with zero attached hydrogens (tertiary/aromatic N) is 5. The lowest BCUT2D eigenvalue weighted by molar-refractivity contribution is -0.118. The van der Waals surface area contributed by atoms with Crippen molar-refractivity contribution < 1.29 is 18.0 Å². The SMILES string of the molecule is O=C(Nc1ncc(Cl)s1)C(c1ccc(-c2nnn(CCF)n2)cc1)C1CCC(F)(F)C1. The number of halogens is 4. The van der Waals surface area contributed by atoms with Crippen molar-refractivity contribution in [1.82, 2.24) is 25.2 Å². The molecule has 1 saturated carbocycles. The Kier molecular flexibility index (Phi) is 6.24. The molecule has 0 radical (unpaired) electrons. The van der Waals surface area contributed by atoms with Crippen molar-refractivity contribution in [3.05, 3.63) is 40.4 Å². The number of nitrogens with one attached hydrogen (secondary N) is 1. The van der Waals surface area contributed by atoms with E-state index in [1.807, 2.05) is 0 Å². The molecule has 12 heteroatoms. The lowest BCUT2D eigenvalue weighted by atomic mass is 9.83. The van der Waals surface area contributed by atoms with E-state index in [0.717, 1.165) is 16.1 Å². The first kappa shape index (κ1) is 21.7. The summed E-state index contributed by atoms with van der Waals surface area (Å²) in [6.07, 6.45) is 1.05. The lowest BCUT2D eigenvalue weighted by Crippen LogP contribution is -2.27. The number of aryl methyl sites for hydroxylation is 1. The maximum absolute atomic E-state index is 13.9. The van der Waals surface area contributed by atoms with Crippen LogP contribution in [-0.2, 0) is 11.3 Å². The Bertz CT molecular complexity index is 1060. The molecule has 2 atom stereocenters. The van der Waals surface area contributed by atoms with Crippen molar-refractivity contribution in [1.29, 1.82) is 0 Å². The molecular formula is C19H18ClF3N6OS. The second-order valence-electron chi connectivity index (χ2n) is 7.32. The van der Waals surface area contributed by atoms with E-state index in [1.54, 1.807) is 24.3 Å². The minimum absolute atomic E-state index is 0.00396. The third kappa shape index (κ3) is 5.04. The first-order valence-electron chi connectivity index (χ1n) is 9.59. The molecule has 2 unspecified atom stereocenters. The summed E-state index contributed by atoms with van der Waals surface area (Å²) in [5, 5.41) is 14.8. The summed E-state index contributed by atoms with van der Waals surface area (Å²) in [7, 11) is 0. The molecule has 1 fully saturated rings. The standard InChI is InChI=1S/C19H18ClF3N6OS/c20-14-10-24-18(31-14)25-17(30)15(13-5-6-19(22,23)9-13)11-1-3-12(4-2-11)16-26-28-29(27-16)8-7-21/h1-4,10,13,15H,5-9H2,(H,24,25,30). The molecule has 3 aromatic rings. The molecule has 1 aliphatic carbocycles. The maximum Gasteiger partial charge on any atom is 0.248 e.